The Bertz CT molecular complexity index is 523. The largest absolute Gasteiger partial charge is 0.480 e. The molecule has 1 aromatic rings. The average Bonchev–Trinajstić information content (AvgIpc) is 2.92. The van der Waals surface area contributed by atoms with Gasteiger partial charge in [0.25, 0.3) is 5.91 Å². The van der Waals surface area contributed by atoms with Crippen LogP contribution in [0.1, 0.15) is 46.8 Å². The fourth-order valence-corrected chi connectivity index (χ4v) is 3.68. The van der Waals surface area contributed by atoms with E-state index in [2.05, 4.69) is 6.92 Å². The van der Waals surface area contributed by atoms with E-state index in [0.29, 0.717) is 17.8 Å². The summed E-state index contributed by atoms with van der Waals surface area (Å²) < 4.78 is 0. The van der Waals surface area contributed by atoms with Crippen LogP contribution in [-0.2, 0) is 11.2 Å². The van der Waals surface area contributed by atoms with Crippen molar-refractivity contribution in [2.75, 3.05) is 6.54 Å². The van der Waals surface area contributed by atoms with Gasteiger partial charge in [0.05, 0.1) is 4.88 Å². The number of rotatable bonds is 3. The van der Waals surface area contributed by atoms with Crippen LogP contribution in [-0.4, -0.2) is 34.0 Å². The molecule has 104 valence electrons. The van der Waals surface area contributed by atoms with Crippen LogP contribution in [0.25, 0.3) is 0 Å². The summed E-state index contributed by atoms with van der Waals surface area (Å²) in [5, 5.41) is 9.35. The Morgan fingerprint density at radius 1 is 1.53 bits per heavy atom. The number of carboxylic acid groups (broad SMARTS) is 1. The zero-order valence-electron chi connectivity index (χ0n) is 11.5. The normalized spacial score (nSPS) is 22.8. The molecule has 0 radical (unpaired) electrons. The lowest BCUT2D eigenvalue weighted by Crippen LogP contribution is -2.50. The third-order valence-electron chi connectivity index (χ3n) is 3.90. The number of hydrogen-bond donors (Lipinski definition) is 1. The van der Waals surface area contributed by atoms with Crippen molar-refractivity contribution in [1.82, 2.24) is 4.90 Å². The molecule has 19 heavy (non-hydrogen) atoms. The quantitative estimate of drug-likeness (QED) is 0.926. The molecule has 5 heteroatoms. The summed E-state index contributed by atoms with van der Waals surface area (Å²) in [7, 11) is 0. The van der Waals surface area contributed by atoms with Crippen LogP contribution in [0, 0.1) is 6.92 Å². The molecule has 1 N–H and O–H groups in total. The van der Waals surface area contributed by atoms with Crippen molar-refractivity contribution in [1.29, 1.82) is 0 Å². The molecule has 1 unspecified atom stereocenters. The van der Waals surface area contributed by atoms with Crippen LogP contribution >= 0.6 is 11.3 Å². The van der Waals surface area contributed by atoms with Gasteiger partial charge in [-0.2, -0.15) is 0 Å². The fraction of sp³-hybridized carbons (Fsp3) is 0.571. The van der Waals surface area contributed by atoms with Gasteiger partial charge in [-0.15, -0.1) is 11.3 Å². The van der Waals surface area contributed by atoms with E-state index in [1.54, 1.807) is 6.92 Å². The Hall–Kier alpha value is -1.36. The highest BCUT2D eigenvalue weighted by molar-refractivity contribution is 7.14. The molecule has 1 saturated heterocycles. The molecule has 1 atom stereocenters. The van der Waals surface area contributed by atoms with Crippen molar-refractivity contribution in [2.45, 2.75) is 45.6 Å². The standard InChI is InChI=1S/C14H19NO3S/c1-4-10-9(2)8-11(19-10)12(16)15-7-5-6-14(15,3)13(17)18/h8H,4-7H2,1-3H3,(H,17,18). The van der Waals surface area contributed by atoms with Gasteiger partial charge in [0.1, 0.15) is 5.54 Å². The number of likely N-dealkylation sites (tertiary alicyclic amines) is 1. The molecule has 4 nitrogen and oxygen atoms in total. The summed E-state index contributed by atoms with van der Waals surface area (Å²) in [6.45, 7) is 6.22. The van der Waals surface area contributed by atoms with Crippen molar-refractivity contribution in [3.8, 4) is 0 Å². The summed E-state index contributed by atoms with van der Waals surface area (Å²) in [6, 6.07) is 1.88. The van der Waals surface area contributed by atoms with Crippen LogP contribution in [0.2, 0.25) is 0 Å². The molecular weight excluding hydrogens is 262 g/mol. The lowest BCUT2D eigenvalue weighted by molar-refractivity contribution is -0.147. The first-order chi connectivity index (χ1) is 8.90. The second-order valence-corrected chi connectivity index (χ2v) is 6.35. The number of hydrogen-bond acceptors (Lipinski definition) is 3. The Morgan fingerprint density at radius 3 is 2.74 bits per heavy atom. The minimum Gasteiger partial charge on any atom is -0.480 e. The highest BCUT2D eigenvalue weighted by atomic mass is 32.1. The maximum Gasteiger partial charge on any atom is 0.329 e. The molecule has 0 aliphatic carbocycles. The second-order valence-electron chi connectivity index (χ2n) is 5.21. The highest BCUT2D eigenvalue weighted by Crippen LogP contribution is 2.33. The van der Waals surface area contributed by atoms with Gasteiger partial charge < -0.3 is 10.0 Å². The number of carbonyl (C=O) groups excluding carboxylic acids is 1. The van der Waals surface area contributed by atoms with E-state index in [1.165, 1.54) is 21.1 Å². The molecule has 0 aromatic carbocycles. The van der Waals surface area contributed by atoms with Gasteiger partial charge in [0.2, 0.25) is 0 Å². The smallest absolute Gasteiger partial charge is 0.329 e. The van der Waals surface area contributed by atoms with E-state index in [4.69, 9.17) is 0 Å². The predicted molar refractivity (Wildman–Crippen MR) is 74.7 cm³/mol. The Labute approximate surface area is 117 Å². The number of nitrogens with zero attached hydrogens (tertiary/aromatic N) is 1. The van der Waals surface area contributed by atoms with Crippen LogP contribution in [0.4, 0.5) is 0 Å². The SMILES string of the molecule is CCc1sc(C(=O)N2CCCC2(C)C(=O)O)cc1C. The molecule has 1 amide bonds. The molecule has 1 fully saturated rings. The molecule has 0 bridgehead atoms. The Morgan fingerprint density at radius 2 is 2.21 bits per heavy atom. The van der Waals surface area contributed by atoms with Crippen LogP contribution in [0.15, 0.2) is 6.07 Å². The van der Waals surface area contributed by atoms with Crippen LogP contribution in [0.5, 0.6) is 0 Å². The zero-order chi connectivity index (χ0) is 14.2. The molecule has 0 spiro atoms. The maximum absolute atomic E-state index is 12.5. The van der Waals surface area contributed by atoms with E-state index in [1.807, 2.05) is 13.0 Å². The molecule has 1 aliphatic heterocycles. The minimum absolute atomic E-state index is 0.143. The van der Waals surface area contributed by atoms with E-state index < -0.39 is 11.5 Å². The lowest BCUT2D eigenvalue weighted by Gasteiger charge is -2.30. The summed E-state index contributed by atoms with van der Waals surface area (Å²) in [5.74, 6) is -1.06. The predicted octanol–water partition coefficient (Wildman–Crippen LogP) is 2.70. The van der Waals surface area contributed by atoms with Crippen molar-refractivity contribution in [3.63, 3.8) is 0 Å². The number of aryl methyl sites for hydroxylation is 2. The lowest BCUT2D eigenvalue weighted by atomic mass is 9.99. The van der Waals surface area contributed by atoms with Crippen LogP contribution in [0.3, 0.4) is 0 Å². The Balaban J connectivity index is 2.30. The fourth-order valence-electron chi connectivity index (χ4n) is 2.62. The molecular formula is C14H19NO3S. The van der Waals surface area contributed by atoms with Crippen molar-refractivity contribution < 1.29 is 14.7 Å². The van der Waals surface area contributed by atoms with Crippen molar-refractivity contribution >= 4 is 23.2 Å². The molecule has 2 heterocycles. The van der Waals surface area contributed by atoms with Crippen molar-refractivity contribution in [3.05, 3.63) is 21.4 Å². The summed E-state index contributed by atoms with van der Waals surface area (Å²) in [6.07, 6.45) is 2.18. The topological polar surface area (TPSA) is 57.6 Å². The van der Waals surface area contributed by atoms with Gasteiger partial charge in [-0.1, -0.05) is 6.92 Å². The van der Waals surface area contributed by atoms with Gasteiger partial charge in [-0.25, -0.2) is 4.79 Å². The van der Waals surface area contributed by atoms with Gasteiger partial charge in [0.15, 0.2) is 0 Å². The number of carboxylic acids is 1. The average molecular weight is 281 g/mol. The van der Waals surface area contributed by atoms with Gasteiger partial charge in [-0.3, -0.25) is 4.79 Å². The third-order valence-corrected chi connectivity index (χ3v) is 5.27. The van der Waals surface area contributed by atoms with Crippen molar-refractivity contribution in [2.24, 2.45) is 0 Å². The van der Waals surface area contributed by atoms with E-state index in [9.17, 15) is 14.7 Å². The second kappa shape index (κ2) is 4.96. The molecule has 1 aromatic heterocycles. The third kappa shape index (κ3) is 2.27. The number of amides is 1. The van der Waals surface area contributed by atoms with Gasteiger partial charge in [0, 0.05) is 11.4 Å². The highest BCUT2D eigenvalue weighted by Gasteiger charge is 2.46. The Kier molecular flexibility index (Phi) is 3.67. The van der Waals surface area contributed by atoms with E-state index in [-0.39, 0.29) is 5.91 Å². The van der Waals surface area contributed by atoms with E-state index in [0.717, 1.165) is 18.4 Å². The monoisotopic (exact) mass is 281 g/mol. The van der Waals surface area contributed by atoms with Gasteiger partial charge >= 0.3 is 5.97 Å². The molecule has 1 aliphatic rings. The first-order valence-electron chi connectivity index (χ1n) is 6.55. The summed E-state index contributed by atoms with van der Waals surface area (Å²) in [5.41, 5.74) is 0.0635. The van der Waals surface area contributed by atoms with E-state index >= 15 is 0 Å². The van der Waals surface area contributed by atoms with Crippen LogP contribution < -0.4 is 0 Å². The summed E-state index contributed by atoms with van der Waals surface area (Å²) in [4.78, 5) is 27.3. The minimum atomic E-state index is -1.05. The first kappa shape index (κ1) is 14.1. The number of thiophene rings is 1. The maximum atomic E-state index is 12.5. The number of aliphatic carboxylic acids is 1. The zero-order valence-corrected chi connectivity index (χ0v) is 12.3. The first-order valence-corrected chi connectivity index (χ1v) is 7.36. The summed E-state index contributed by atoms with van der Waals surface area (Å²) >= 11 is 1.48. The molecule has 0 saturated carbocycles. The van der Waals surface area contributed by atoms with Gasteiger partial charge in [-0.05, 0) is 44.7 Å². The molecule has 2 rings (SSSR count). The number of carbonyl (C=O) groups is 2.